The quantitative estimate of drug-likeness (QED) is 0.882. The minimum absolute atomic E-state index is 0.0104. The first-order valence-electron chi connectivity index (χ1n) is 5.60. The summed E-state index contributed by atoms with van der Waals surface area (Å²) in [6.45, 7) is 0.0104. The van der Waals surface area contributed by atoms with Gasteiger partial charge < -0.3 is 15.0 Å². The van der Waals surface area contributed by atoms with Crippen molar-refractivity contribution in [3.63, 3.8) is 0 Å². The molecule has 2 aromatic rings. The molecule has 1 amide bonds. The number of benzene rings is 1. The van der Waals surface area contributed by atoms with Gasteiger partial charge in [0.25, 0.3) is 0 Å². The second-order valence-electron chi connectivity index (χ2n) is 4.04. The van der Waals surface area contributed by atoms with E-state index in [0.717, 1.165) is 0 Å². The van der Waals surface area contributed by atoms with Gasteiger partial charge in [-0.25, -0.2) is 4.79 Å². The number of aromatic nitrogens is 1. The smallest absolute Gasteiger partial charge is 0.337 e. The zero-order valence-electron chi connectivity index (χ0n) is 10.1. The SMILES string of the molecule is O=C(Cn1cc(C(=O)O)cc1Br)Nc1ccc(Cl)cc1. The van der Waals surface area contributed by atoms with Crippen LogP contribution in [0.5, 0.6) is 0 Å². The Balaban J connectivity index is 2.04. The number of hydrogen-bond acceptors (Lipinski definition) is 2. The van der Waals surface area contributed by atoms with Crippen molar-refractivity contribution < 1.29 is 14.7 Å². The van der Waals surface area contributed by atoms with E-state index in [1.54, 1.807) is 24.3 Å². The minimum Gasteiger partial charge on any atom is -0.478 e. The predicted molar refractivity (Wildman–Crippen MR) is 79.2 cm³/mol. The molecule has 2 N–H and O–H groups in total. The summed E-state index contributed by atoms with van der Waals surface area (Å²) in [4.78, 5) is 22.7. The lowest BCUT2D eigenvalue weighted by Crippen LogP contribution is -2.18. The molecule has 0 fully saturated rings. The van der Waals surface area contributed by atoms with Crippen LogP contribution in [0.3, 0.4) is 0 Å². The third-order valence-corrected chi connectivity index (χ3v) is 3.47. The largest absolute Gasteiger partial charge is 0.478 e. The van der Waals surface area contributed by atoms with Crippen LogP contribution in [-0.2, 0) is 11.3 Å². The van der Waals surface area contributed by atoms with Gasteiger partial charge in [-0.1, -0.05) is 11.6 Å². The Bertz CT molecular complexity index is 652. The van der Waals surface area contributed by atoms with Crippen molar-refractivity contribution >= 4 is 45.1 Å². The Morgan fingerprint density at radius 3 is 2.50 bits per heavy atom. The lowest BCUT2D eigenvalue weighted by molar-refractivity contribution is -0.116. The first-order chi connectivity index (χ1) is 9.45. The van der Waals surface area contributed by atoms with Crippen molar-refractivity contribution in [2.24, 2.45) is 0 Å². The summed E-state index contributed by atoms with van der Waals surface area (Å²) >= 11 is 8.96. The third-order valence-electron chi connectivity index (χ3n) is 2.53. The number of carboxylic acids is 1. The van der Waals surface area contributed by atoms with E-state index in [2.05, 4.69) is 21.2 Å². The number of nitrogens with zero attached hydrogens (tertiary/aromatic N) is 1. The van der Waals surface area contributed by atoms with Gasteiger partial charge in [0, 0.05) is 16.9 Å². The van der Waals surface area contributed by atoms with Gasteiger partial charge in [-0.15, -0.1) is 0 Å². The molecular weight excluding hydrogens is 348 g/mol. The Morgan fingerprint density at radius 1 is 1.30 bits per heavy atom. The normalized spacial score (nSPS) is 10.3. The molecular formula is C13H10BrClN2O3. The number of anilines is 1. The van der Waals surface area contributed by atoms with Crippen molar-refractivity contribution in [3.05, 3.63) is 51.7 Å². The molecule has 0 aliphatic carbocycles. The van der Waals surface area contributed by atoms with Crippen LogP contribution in [0.15, 0.2) is 41.1 Å². The number of hydrogen-bond donors (Lipinski definition) is 2. The fourth-order valence-electron chi connectivity index (χ4n) is 1.60. The number of nitrogens with one attached hydrogen (secondary N) is 1. The molecule has 0 saturated carbocycles. The molecule has 0 radical (unpaired) electrons. The lowest BCUT2D eigenvalue weighted by Gasteiger charge is -2.07. The van der Waals surface area contributed by atoms with Crippen molar-refractivity contribution in [1.82, 2.24) is 4.57 Å². The molecule has 20 heavy (non-hydrogen) atoms. The molecule has 0 atom stereocenters. The van der Waals surface area contributed by atoms with E-state index in [9.17, 15) is 9.59 Å². The van der Waals surface area contributed by atoms with E-state index in [-0.39, 0.29) is 18.0 Å². The average molecular weight is 358 g/mol. The van der Waals surface area contributed by atoms with Gasteiger partial charge in [-0.2, -0.15) is 0 Å². The standard InChI is InChI=1S/C13H10BrClN2O3/c14-11-5-8(13(19)20)6-17(11)7-12(18)16-10-3-1-9(15)2-4-10/h1-6H,7H2,(H,16,18)(H,19,20). The molecule has 1 aromatic heterocycles. The number of carbonyl (C=O) groups is 2. The molecule has 1 heterocycles. The maximum absolute atomic E-state index is 11.9. The third kappa shape index (κ3) is 3.61. The number of halogens is 2. The fraction of sp³-hybridized carbons (Fsp3) is 0.0769. The first-order valence-corrected chi connectivity index (χ1v) is 6.77. The zero-order chi connectivity index (χ0) is 14.7. The van der Waals surface area contributed by atoms with Gasteiger partial charge in [0.1, 0.15) is 6.54 Å². The number of aromatic carboxylic acids is 1. The van der Waals surface area contributed by atoms with Crippen LogP contribution in [0, 0.1) is 0 Å². The van der Waals surface area contributed by atoms with Crippen LogP contribution in [0.2, 0.25) is 5.02 Å². The summed E-state index contributed by atoms with van der Waals surface area (Å²) in [5.41, 5.74) is 0.748. The van der Waals surface area contributed by atoms with E-state index >= 15 is 0 Å². The van der Waals surface area contributed by atoms with E-state index in [0.29, 0.717) is 15.3 Å². The van der Waals surface area contributed by atoms with Gasteiger partial charge in [0.05, 0.1) is 10.2 Å². The highest BCUT2D eigenvalue weighted by Crippen LogP contribution is 2.16. The topological polar surface area (TPSA) is 71.3 Å². The van der Waals surface area contributed by atoms with Gasteiger partial charge >= 0.3 is 5.97 Å². The lowest BCUT2D eigenvalue weighted by atomic mass is 10.3. The zero-order valence-corrected chi connectivity index (χ0v) is 12.5. The van der Waals surface area contributed by atoms with Gasteiger partial charge in [0.15, 0.2) is 0 Å². The minimum atomic E-state index is -1.04. The molecule has 5 nitrogen and oxygen atoms in total. The Morgan fingerprint density at radius 2 is 1.95 bits per heavy atom. The summed E-state index contributed by atoms with van der Waals surface area (Å²) in [7, 11) is 0. The average Bonchev–Trinajstić information content (AvgIpc) is 2.74. The van der Waals surface area contributed by atoms with Crippen molar-refractivity contribution in [1.29, 1.82) is 0 Å². The highest BCUT2D eigenvalue weighted by atomic mass is 79.9. The number of rotatable bonds is 4. The Labute approximate surface area is 128 Å². The van der Waals surface area contributed by atoms with E-state index in [4.69, 9.17) is 16.7 Å². The van der Waals surface area contributed by atoms with Crippen LogP contribution in [0.4, 0.5) is 5.69 Å². The second-order valence-corrected chi connectivity index (χ2v) is 5.29. The monoisotopic (exact) mass is 356 g/mol. The summed E-state index contributed by atoms with van der Waals surface area (Å²) in [6, 6.07) is 8.16. The van der Waals surface area contributed by atoms with Crippen LogP contribution in [-0.4, -0.2) is 21.6 Å². The Hall–Kier alpha value is -1.79. The molecule has 0 bridgehead atoms. The summed E-state index contributed by atoms with van der Waals surface area (Å²) in [6.07, 6.45) is 1.40. The summed E-state index contributed by atoms with van der Waals surface area (Å²) in [5.74, 6) is -1.30. The molecule has 0 aliphatic rings. The van der Waals surface area contributed by atoms with E-state index < -0.39 is 5.97 Å². The van der Waals surface area contributed by atoms with Crippen molar-refractivity contribution in [3.8, 4) is 0 Å². The highest BCUT2D eigenvalue weighted by Gasteiger charge is 2.12. The molecule has 7 heteroatoms. The van der Waals surface area contributed by atoms with Crippen molar-refractivity contribution in [2.45, 2.75) is 6.54 Å². The number of amides is 1. The van der Waals surface area contributed by atoms with E-state index in [1.807, 2.05) is 0 Å². The predicted octanol–water partition coefficient (Wildman–Crippen LogP) is 3.24. The first kappa shape index (κ1) is 14.6. The fourth-order valence-corrected chi connectivity index (χ4v) is 2.21. The molecule has 0 unspecified atom stereocenters. The van der Waals surface area contributed by atoms with Gasteiger partial charge in [-0.05, 0) is 46.3 Å². The molecule has 104 valence electrons. The summed E-state index contributed by atoms with van der Waals surface area (Å²) in [5, 5.41) is 12.2. The Kier molecular flexibility index (Phi) is 4.46. The molecule has 0 spiro atoms. The highest BCUT2D eigenvalue weighted by molar-refractivity contribution is 9.10. The molecule has 0 aliphatic heterocycles. The maximum atomic E-state index is 11.9. The molecule has 0 saturated heterocycles. The van der Waals surface area contributed by atoms with Crippen LogP contribution >= 0.6 is 27.5 Å². The van der Waals surface area contributed by atoms with Crippen LogP contribution in [0.25, 0.3) is 0 Å². The van der Waals surface area contributed by atoms with Crippen LogP contribution < -0.4 is 5.32 Å². The van der Waals surface area contributed by atoms with E-state index in [1.165, 1.54) is 16.8 Å². The number of carbonyl (C=O) groups excluding carboxylic acids is 1. The van der Waals surface area contributed by atoms with Gasteiger partial charge in [0.2, 0.25) is 5.91 Å². The second kappa shape index (κ2) is 6.11. The summed E-state index contributed by atoms with van der Waals surface area (Å²) < 4.78 is 2.04. The van der Waals surface area contributed by atoms with Crippen molar-refractivity contribution in [2.75, 3.05) is 5.32 Å². The molecule has 1 aromatic carbocycles. The van der Waals surface area contributed by atoms with Gasteiger partial charge in [-0.3, -0.25) is 4.79 Å². The molecule has 2 rings (SSSR count). The van der Waals surface area contributed by atoms with Crippen LogP contribution in [0.1, 0.15) is 10.4 Å². The maximum Gasteiger partial charge on any atom is 0.337 e. The number of carboxylic acid groups (broad SMARTS) is 1.